The molecule has 0 aromatic carbocycles. The number of carbonyl (C=O) groups is 3. The molecule has 0 aliphatic carbocycles. The van der Waals surface area contributed by atoms with Crippen molar-refractivity contribution in [2.75, 3.05) is 26.2 Å². The summed E-state index contributed by atoms with van der Waals surface area (Å²) in [5.74, 6) is -2.86. The minimum atomic E-state index is -5.08. The predicted octanol–water partition coefficient (Wildman–Crippen LogP) is -0.411. The van der Waals surface area contributed by atoms with Crippen LogP contribution in [0, 0.1) is 0 Å². The van der Waals surface area contributed by atoms with Gasteiger partial charge in [0.15, 0.2) is 0 Å². The molecule has 1 aromatic rings. The Morgan fingerprint density at radius 3 is 2.59 bits per heavy atom. The van der Waals surface area contributed by atoms with Crippen LogP contribution in [0.2, 0.25) is 0 Å². The zero-order chi connectivity index (χ0) is 20.4. The number of rotatable bonds is 5. The number of hydrogen-bond donors (Lipinski definition) is 3. The largest absolute Gasteiger partial charge is 0.490 e. The molecular weight excluding hydrogens is 371 g/mol. The lowest BCUT2D eigenvalue weighted by Crippen LogP contribution is -2.51. The summed E-state index contributed by atoms with van der Waals surface area (Å²) in [5, 5.41) is 12.8. The first-order chi connectivity index (χ1) is 12.6. The molecule has 0 saturated carbocycles. The van der Waals surface area contributed by atoms with Crippen LogP contribution in [-0.4, -0.2) is 76.2 Å². The Bertz CT molecular complexity index is 642. The SMILES string of the molecule is CC(Cc1cnccn1)NC(=O)CN1CCNC(=O)C1.O=C(O)C(F)(F)F. The topological polar surface area (TPSA) is 125 Å². The van der Waals surface area contributed by atoms with Gasteiger partial charge in [-0.3, -0.25) is 24.5 Å². The van der Waals surface area contributed by atoms with Gasteiger partial charge >= 0.3 is 12.1 Å². The van der Waals surface area contributed by atoms with Crippen molar-refractivity contribution < 1.29 is 32.7 Å². The molecule has 12 heteroatoms. The van der Waals surface area contributed by atoms with Crippen LogP contribution < -0.4 is 10.6 Å². The molecule has 9 nitrogen and oxygen atoms in total. The Labute approximate surface area is 153 Å². The summed E-state index contributed by atoms with van der Waals surface area (Å²) in [5.41, 5.74) is 0.845. The molecule has 0 bridgehead atoms. The van der Waals surface area contributed by atoms with E-state index in [4.69, 9.17) is 9.90 Å². The number of nitrogens with zero attached hydrogens (tertiary/aromatic N) is 3. The first kappa shape index (κ1) is 22.3. The van der Waals surface area contributed by atoms with Crippen LogP contribution in [0.25, 0.3) is 0 Å². The van der Waals surface area contributed by atoms with Crippen LogP contribution in [-0.2, 0) is 20.8 Å². The lowest BCUT2D eigenvalue weighted by molar-refractivity contribution is -0.192. The second-order valence-corrected chi connectivity index (χ2v) is 5.73. The van der Waals surface area contributed by atoms with E-state index >= 15 is 0 Å². The lowest BCUT2D eigenvalue weighted by Gasteiger charge is -2.26. The van der Waals surface area contributed by atoms with Crippen molar-refractivity contribution in [3.8, 4) is 0 Å². The fraction of sp³-hybridized carbons (Fsp3) is 0.533. The molecule has 27 heavy (non-hydrogen) atoms. The maximum absolute atomic E-state index is 11.9. The zero-order valence-electron chi connectivity index (χ0n) is 14.5. The number of amides is 2. The van der Waals surface area contributed by atoms with Crippen molar-refractivity contribution in [3.05, 3.63) is 24.3 Å². The Balaban J connectivity index is 0.000000445. The molecule has 1 fully saturated rings. The van der Waals surface area contributed by atoms with Gasteiger partial charge in [0.2, 0.25) is 11.8 Å². The lowest BCUT2D eigenvalue weighted by atomic mass is 10.2. The third-order valence-corrected chi connectivity index (χ3v) is 3.27. The van der Waals surface area contributed by atoms with E-state index in [1.807, 2.05) is 11.8 Å². The van der Waals surface area contributed by atoms with Gasteiger partial charge in [-0.1, -0.05) is 0 Å². The average Bonchev–Trinajstić information content (AvgIpc) is 2.55. The van der Waals surface area contributed by atoms with Crippen molar-refractivity contribution in [1.29, 1.82) is 0 Å². The molecule has 150 valence electrons. The monoisotopic (exact) mass is 391 g/mol. The van der Waals surface area contributed by atoms with Crippen LogP contribution in [0.3, 0.4) is 0 Å². The van der Waals surface area contributed by atoms with Gasteiger partial charge in [-0.2, -0.15) is 13.2 Å². The molecule has 1 aliphatic rings. The Kier molecular flexibility index (Phi) is 8.59. The number of halogens is 3. The van der Waals surface area contributed by atoms with Crippen molar-refractivity contribution in [2.45, 2.75) is 25.6 Å². The van der Waals surface area contributed by atoms with Gasteiger partial charge in [-0.05, 0) is 6.92 Å². The number of carboxylic acids is 1. The molecule has 1 unspecified atom stereocenters. The summed E-state index contributed by atoms with van der Waals surface area (Å²) in [6.07, 6.45) is 0.502. The van der Waals surface area contributed by atoms with E-state index in [2.05, 4.69) is 20.6 Å². The van der Waals surface area contributed by atoms with Crippen molar-refractivity contribution in [1.82, 2.24) is 25.5 Å². The van der Waals surface area contributed by atoms with Crippen LogP contribution in [0.15, 0.2) is 18.6 Å². The maximum atomic E-state index is 11.9. The van der Waals surface area contributed by atoms with Gasteiger partial charge in [0.1, 0.15) is 0 Å². The minimum Gasteiger partial charge on any atom is -0.475 e. The summed E-state index contributed by atoms with van der Waals surface area (Å²) < 4.78 is 31.7. The second kappa shape index (κ2) is 10.4. The van der Waals surface area contributed by atoms with Crippen molar-refractivity contribution in [2.24, 2.45) is 0 Å². The normalized spacial score (nSPS) is 15.8. The van der Waals surface area contributed by atoms with Gasteiger partial charge in [-0.25, -0.2) is 4.79 Å². The summed E-state index contributed by atoms with van der Waals surface area (Å²) in [6, 6.07) is -0.0159. The Morgan fingerprint density at radius 2 is 2.07 bits per heavy atom. The third kappa shape index (κ3) is 9.49. The Hall–Kier alpha value is -2.76. The molecule has 0 radical (unpaired) electrons. The van der Waals surface area contributed by atoms with E-state index in [0.717, 1.165) is 5.69 Å². The molecule has 1 atom stereocenters. The van der Waals surface area contributed by atoms with E-state index < -0.39 is 12.1 Å². The van der Waals surface area contributed by atoms with Crippen LogP contribution >= 0.6 is 0 Å². The van der Waals surface area contributed by atoms with Gasteiger partial charge in [0.05, 0.1) is 18.8 Å². The molecular formula is C15H20F3N5O4. The number of carboxylic acid groups (broad SMARTS) is 1. The highest BCUT2D eigenvalue weighted by Crippen LogP contribution is 2.13. The predicted molar refractivity (Wildman–Crippen MR) is 86.5 cm³/mol. The molecule has 1 saturated heterocycles. The number of carbonyl (C=O) groups excluding carboxylic acids is 2. The number of aromatic nitrogens is 2. The summed E-state index contributed by atoms with van der Waals surface area (Å²) in [6.45, 7) is 3.76. The molecule has 1 aliphatic heterocycles. The summed E-state index contributed by atoms with van der Waals surface area (Å²) >= 11 is 0. The van der Waals surface area contributed by atoms with E-state index in [9.17, 15) is 22.8 Å². The molecule has 2 rings (SSSR count). The quantitative estimate of drug-likeness (QED) is 0.623. The van der Waals surface area contributed by atoms with Crippen LogP contribution in [0.1, 0.15) is 12.6 Å². The first-order valence-corrected chi connectivity index (χ1v) is 7.91. The molecule has 2 amide bonds. The smallest absolute Gasteiger partial charge is 0.475 e. The van der Waals surface area contributed by atoms with Crippen molar-refractivity contribution >= 4 is 17.8 Å². The number of nitrogens with one attached hydrogen (secondary N) is 2. The van der Waals surface area contributed by atoms with E-state index in [-0.39, 0.29) is 30.9 Å². The Morgan fingerprint density at radius 1 is 1.41 bits per heavy atom. The molecule has 3 N–H and O–H groups in total. The van der Waals surface area contributed by atoms with Gasteiger partial charge in [0, 0.05) is 44.1 Å². The van der Waals surface area contributed by atoms with Gasteiger partial charge < -0.3 is 15.7 Å². The third-order valence-electron chi connectivity index (χ3n) is 3.27. The fourth-order valence-electron chi connectivity index (χ4n) is 2.15. The number of hydrogen-bond acceptors (Lipinski definition) is 6. The second-order valence-electron chi connectivity index (χ2n) is 5.73. The number of piperazine rings is 1. The van der Waals surface area contributed by atoms with Crippen LogP contribution in [0.4, 0.5) is 13.2 Å². The molecule has 1 aromatic heterocycles. The van der Waals surface area contributed by atoms with Gasteiger partial charge in [0.25, 0.3) is 0 Å². The first-order valence-electron chi connectivity index (χ1n) is 7.91. The van der Waals surface area contributed by atoms with E-state index in [1.54, 1.807) is 18.6 Å². The highest BCUT2D eigenvalue weighted by Gasteiger charge is 2.38. The fourth-order valence-corrected chi connectivity index (χ4v) is 2.15. The van der Waals surface area contributed by atoms with Gasteiger partial charge in [-0.15, -0.1) is 0 Å². The minimum absolute atomic E-state index is 0.0159. The maximum Gasteiger partial charge on any atom is 0.490 e. The molecule has 2 heterocycles. The van der Waals surface area contributed by atoms with E-state index in [1.165, 1.54) is 0 Å². The van der Waals surface area contributed by atoms with Crippen molar-refractivity contribution in [3.63, 3.8) is 0 Å². The summed E-state index contributed by atoms with van der Waals surface area (Å²) in [4.78, 5) is 42.0. The van der Waals surface area contributed by atoms with E-state index in [0.29, 0.717) is 19.5 Å². The number of aliphatic carboxylic acids is 1. The van der Waals surface area contributed by atoms with Crippen LogP contribution in [0.5, 0.6) is 0 Å². The summed E-state index contributed by atoms with van der Waals surface area (Å²) in [7, 11) is 0. The highest BCUT2D eigenvalue weighted by molar-refractivity contribution is 5.81. The standard InChI is InChI=1S/C13H19N5O2.C2HF3O2/c1-10(6-11-7-14-2-3-15-11)17-13(20)9-18-5-4-16-12(19)8-18;3-2(4,5)1(6)7/h2-3,7,10H,4-6,8-9H2,1H3,(H,16,19)(H,17,20);(H,6,7). The average molecular weight is 391 g/mol. The zero-order valence-corrected chi connectivity index (χ0v) is 14.5. The number of alkyl halides is 3. The highest BCUT2D eigenvalue weighted by atomic mass is 19.4. The molecule has 0 spiro atoms.